The highest BCUT2D eigenvalue weighted by Gasteiger charge is 2.29. The van der Waals surface area contributed by atoms with Crippen LogP contribution < -0.4 is 5.32 Å². The van der Waals surface area contributed by atoms with Crippen molar-refractivity contribution in [3.8, 4) is 0 Å². The summed E-state index contributed by atoms with van der Waals surface area (Å²) in [6.45, 7) is 13.6. The fourth-order valence-electron chi connectivity index (χ4n) is 4.54. The summed E-state index contributed by atoms with van der Waals surface area (Å²) in [5, 5.41) is 3.39. The number of anilines is 1. The number of nitrogens with zero attached hydrogens (tertiary/aromatic N) is 3. The van der Waals surface area contributed by atoms with Crippen molar-refractivity contribution in [3.63, 3.8) is 0 Å². The minimum absolute atomic E-state index is 0.0433. The van der Waals surface area contributed by atoms with Gasteiger partial charge in [0.2, 0.25) is 0 Å². The van der Waals surface area contributed by atoms with Crippen molar-refractivity contribution >= 4 is 17.3 Å². The molecule has 170 valence electrons. The minimum atomic E-state index is -0.190. The standard InChI is InChI=1S/C26H33FN4O/c1-6-30-16-22-21(25(30)32)9-12-28-24(22)29-17(2)19-7-8-20(23(27)15-19)18-10-13-31(14-11-18)26(3,4)5/h7-10,12,15,17H,6,11,13-14,16H2,1-5H3,(H,28,29). The number of halogens is 1. The van der Waals surface area contributed by atoms with E-state index < -0.39 is 0 Å². The molecule has 1 atom stereocenters. The molecule has 4 rings (SSSR count). The van der Waals surface area contributed by atoms with Crippen molar-refractivity contribution in [2.45, 2.75) is 59.2 Å². The zero-order valence-corrected chi connectivity index (χ0v) is 19.7. The highest BCUT2D eigenvalue weighted by atomic mass is 19.1. The van der Waals surface area contributed by atoms with Gasteiger partial charge in [-0.05, 0) is 64.3 Å². The van der Waals surface area contributed by atoms with Crippen LogP contribution in [0.4, 0.5) is 10.2 Å². The average Bonchev–Trinajstić information content (AvgIpc) is 3.10. The molecule has 1 N–H and O–H groups in total. The largest absolute Gasteiger partial charge is 0.363 e. The third-order valence-corrected chi connectivity index (χ3v) is 6.65. The Morgan fingerprint density at radius 3 is 2.62 bits per heavy atom. The van der Waals surface area contributed by atoms with E-state index in [1.807, 2.05) is 26.0 Å². The zero-order chi connectivity index (χ0) is 23.0. The summed E-state index contributed by atoms with van der Waals surface area (Å²) in [4.78, 5) is 21.1. The molecular weight excluding hydrogens is 403 g/mol. The zero-order valence-electron chi connectivity index (χ0n) is 19.7. The fourth-order valence-corrected chi connectivity index (χ4v) is 4.54. The molecule has 1 aromatic carbocycles. The summed E-state index contributed by atoms with van der Waals surface area (Å²) in [5.74, 6) is 0.549. The van der Waals surface area contributed by atoms with E-state index in [1.165, 1.54) is 0 Å². The van der Waals surface area contributed by atoms with Crippen LogP contribution in [-0.4, -0.2) is 45.9 Å². The minimum Gasteiger partial charge on any atom is -0.363 e. The lowest BCUT2D eigenvalue weighted by molar-refractivity contribution is 0.0787. The number of rotatable bonds is 5. The summed E-state index contributed by atoms with van der Waals surface area (Å²) < 4.78 is 15.1. The molecule has 2 aliphatic rings. The quantitative estimate of drug-likeness (QED) is 0.695. The summed E-state index contributed by atoms with van der Waals surface area (Å²) in [6.07, 6.45) is 4.66. The van der Waals surface area contributed by atoms with Crippen LogP contribution >= 0.6 is 0 Å². The molecule has 1 aromatic heterocycles. The van der Waals surface area contributed by atoms with Crippen LogP contribution in [0.15, 0.2) is 36.5 Å². The second-order valence-corrected chi connectivity index (χ2v) is 9.71. The Bertz CT molecular complexity index is 1060. The predicted molar refractivity (Wildman–Crippen MR) is 127 cm³/mol. The van der Waals surface area contributed by atoms with Gasteiger partial charge in [-0.1, -0.05) is 18.2 Å². The van der Waals surface area contributed by atoms with Gasteiger partial charge >= 0.3 is 0 Å². The maximum atomic E-state index is 15.1. The van der Waals surface area contributed by atoms with E-state index in [-0.39, 0.29) is 23.3 Å². The molecule has 3 heterocycles. The number of pyridine rings is 1. The van der Waals surface area contributed by atoms with Gasteiger partial charge in [-0.2, -0.15) is 0 Å². The monoisotopic (exact) mass is 436 g/mol. The van der Waals surface area contributed by atoms with Gasteiger partial charge in [-0.3, -0.25) is 9.69 Å². The van der Waals surface area contributed by atoms with Crippen molar-refractivity contribution in [3.05, 3.63) is 64.6 Å². The number of benzene rings is 1. The van der Waals surface area contributed by atoms with Crippen LogP contribution in [0.1, 0.15) is 74.1 Å². The summed E-state index contributed by atoms with van der Waals surface area (Å²) in [5.41, 5.74) is 4.37. The van der Waals surface area contributed by atoms with Gasteiger partial charge in [0.15, 0.2) is 0 Å². The molecule has 32 heavy (non-hydrogen) atoms. The summed E-state index contributed by atoms with van der Waals surface area (Å²) in [7, 11) is 0. The third-order valence-electron chi connectivity index (χ3n) is 6.65. The Morgan fingerprint density at radius 2 is 2.00 bits per heavy atom. The number of carbonyl (C=O) groups excluding carboxylic acids is 1. The molecule has 2 aliphatic heterocycles. The molecule has 1 amide bonds. The average molecular weight is 437 g/mol. The Labute approximate surface area is 190 Å². The smallest absolute Gasteiger partial charge is 0.254 e. The molecular formula is C26H33FN4O. The first-order valence-corrected chi connectivity index (χ1v) is 11.5. The molecule has 5 nitrogen and oxygen atoms in total. The first-order valence-electron chi connectivity index (χ1n) is 11.5. The Kier molecular flexibility index (Phi) is 6.08. The number of amides is 1. The van der Waals surface area contributed by atoms with E-state index in [4.69, 9.17) is 0 Å². The number of hydrogen-bond acceptors (Lipinski definition) is 4. The van der Waals surface area contributed by atoms with Gasteiger partial charge in [0.05, 0.1) is 12.6 Å². The molecule has 0 saturated heterocycles. The van der Waals surface area contributed by atoms with E-state index in [2.05, 4.69) is 42.0 Å². The highest BCUT2D eigenvalue weighted by molar-refractivity contribution is 5.99. The second kappa shape index (κ2) is 8.66. The number of carbonyl (C=O) groups is 1. The lowest BCUT2D eigenvalue weighted by Gasteiger charge is -2.37. The van der Waals surface area contributed by atoms with Gasteiger partial charge < -0.3 is 10.2 Å². The van der Waals surface area contributed by atoms with Gasteiger partial charge in [-0.25, -0.2) is 9.37 Å². The lowest BCUT2D eigenvalue weighted by Crippen LogP contribution is -2.43. The number of aromatic nitrogens is 1. The summed E-state index contributed by atoms with van der Waals surface area (Å²) >= 11 is 0. The van der Waals surface area contributed by atoms with Crippen LogP contribution in [0.5, 0.6) is 0 Å². The van der Waals surface area contributed by atoms with Gasteiger partial charge in [-0.15, -0.1) is 0 Å². The van der Waals surface area contributed by atoms with Gasteiger partial charge in [0.1, 0.15) is 11.6 Å². The van der Waals surface area contributed by atoms with Crippen LogP contribution in [0.3, 0.4) is 0 Å². The van der Waals surface area contributed by atoms with E-state index >= 15 is 4.39 Å². The van der Waals surface area contributed by atoms with Crippen LogP contribution in [-0.2, 0) is 6.54 Å². The molecule has 0 saturated carbocycles. The molecule has 2 aromatic rings. The number of fused-ring (bicyclic) bond motifs is 1. The normalized spacial score (nSPS) is 17.9. The Morgan fingerprint density at radius 1 is 1.22 bits per heavy atom. The Balaban J connectivity index is 1.50. The SMILES string of the molecule is CCN1Cc2c(ccnc2NC(C)c2ccc(C3=CCN(C(C)(C)C)CC3)c(F)c2)C1=O. The first-order chi connectivity index (χ1) is 15.2. The lowest BCUT2D eigenvalue weighted by atomic mass is 9.94. The number of hydrogen-bond donors (Lipinski definition) is 1. The molecule has 0 aliphatic carbocycles. The fraction of sp³-hybridized carbons (Fsp3) is 0.462. The maximum absolute atomic E-state index is 15.1. The predicted octanol–water partition coefficient (Wildman–Crippen LogP) is 5.26. The number of nitrogens with one attached hydrogen (secondary N) is 1. The second-order valence-electron chi connectivity index (χ2n) is 9.71. The first kappa shape index (κ1) is 22.5. The van der Waals surface area contributed by atoms with Crippen LogP contribution in [0.25, 0.3) is 5.57 Å². The molecule has 0 spiro atoms. The van der Waals surface area contributed by atoms with E-state index in [1.54, 1.807) is 23.2 Å². The van der Waals surface area contributed by atoms with Crippen molar-refractivity contribution < 1.29 is 9.18 Å². The van der Waals surface area contributed by atoms with Crippen molar-refractivity contribution in [2.75, 3.05) is 25.0 Å². The van der Waals surface area contributed by atoms with Gasteiger partial charge in [0.25, 0.3) is 5.91 Å². The van der Waals surface area contributed by atoms with Gasteiger partial charge in [0, 0.05) is 48.1 Å². The van der Waals surface area contributed by atoms with Crippen molar-refractivity contribution in [1.29, 1.82) is 0 Å². The van der Waals surface area contributed by atoms with E-state index in [9.17, 15) is 4.79 Å². The summed E-state index contributed by atoms with van der Waals surface area (Å²) in [6, 6.07) is 7.14. The highest BCUT2D eigenvalue weighted by Crippen LogP contribution is 2.32. The molecule has 6 heteroatoms. The maximum Gasteiger partial charge on any atom is 0.254 e. The molecule has 0 fully saturated rings. The van der Waals surface area contributed by atoms with Crippen molar-refractivity contribution in [2.24, 2.45) is 0 Å². The molecule has 1 unspecified atom stereocenters. The third kappa shape index (κ3) is 4.29. The van der Waals surface area contributed by atoms with Crippen molar-refractivity contribution in [1.82, 2.24) is 14.8 Å². The molecule has 0 radical (unpaired) electrons. The van der Waals surface area contributed by atoms with Crippen LogP contribution in [0.2, 0.25) is 0 Å². The Hall–Kier alpha value is -2.73. The van der Waals surface area contributed by atoms with E-state index in [0.29, 0.717) is 30.0 Å². The topological polar surface area (TPSA) is 48.5 Å². The molecule has 0 bridgehead atoms. The van der Waals surface area contributed by atoms with E-state index in [0.717, 1.165) is 36.2 Å². The van der Waals surface area contributed by atoms with Crippen LogP contribution in [0, 0.1) is 5.82 Å².